The highest BCUT2D eigenvalue weighted by Gasteiger charge is 2.29. The van der Waals surface area contributed by atoms with E-state index in [2.05, 4.69) is 10.2 Å². The van der Waals surface area contributed by atoms with Crippen LogP contribution in [0.3, 0.4) is 0 Å². The van der Waals surface area contributed by atoms with Crippen LogP contribution in [-0.4, -0.2) is 45.0 Å². The molecule has 1 amide bonds. The number of carbonyl (C=O) groups excluding carboxylic acids is 1. The number of hydrogen-bond donors (Lipinski definition) is 0. The van der Waals surface area contributed by atoms with E-state index in [1.54, 1.807) is 17.2 Å². The van der Waals surface area contributed by atoms with E-state index in [0.29, 0.717) is 6.54 Å². The van der Waals surface area contributed by atoms with Crippen molar-refractivity contribution in [1.82, 2.24) is 19.9 Å². The Morgan fingerprint density at radius 1 is 1.24 bits per heavy atom. The molecule has 1 fully saturated rings. The molecule has 0 spiro atoms. The van der Waals surface area contributed by atoms with Crippen molar-refractivity contribution < 1.29 is 9.53 Å². The van der Waals surface area contributed by atoms with Crippen LogP contribution in [0, 0.1) is 0 Å². The summed E-state index contributed by atoms with van der Waals surface area (Å²) < 4.78 is 5.53. The van der Waals surface area contributed by atoms with Crippen LogP contribution in [0.4, 0.5) is 0 Å². The summed E-state index contributed by atoms with van der Waals surface area (Å²) in [4.78, 5) is 15.8. The first kappa shape index (κ1) is 13.6. The van der Waals surface area contributed by atoms with Crippen molar-refractivity contribution in [2.75, 3.05) is 13.2 Å². The van der Waals surface area contributed by atoms with Crippen LogP contribution in [0.15, 0.2) is 42.7 Å². The maximum Gasteiger partial charge on any atom is 0.260 e. The van der Waals surface area contributed by atoms with Gasteiger partial charge in [0, 0.05) is 6.54 Å². The molecular formula is C15H18N4O2. The molecule has 0 aliphatic carbocycles. The van der Waals surface area contributed by atoms with E-state index >= 15 is 0 Å². The molecule has 0 N–H and O–H groups in total. The first-order valence-electron chi connectivity index (χ1n) is 7.14. The molecule has 1 unspecified atom stereocenters. The van der Waals surface area contributed by atoms with Gasteiger partial charge >= 0.3 is 0 Å². The number of benzene rings is 1. The smallest absolute Gasteiger partial charge is 0.260 e. The molecule has 1 aliphatic heterocycles. The lowest BCUT2D eigenvalue weighted by Crippen LogP contribution is -2.41. The van der Waals surface area contributed by atoms with Gasteiger partial charge in [0.25, 0.3) is 5.91 Å². The Morgan fingerprint density at radius 2 is 2.00 bits per heavy atom. The van der Waals surface area contributed by atoms with Gasteiger partial charge in [-0.25, -0.2) is 0 Å². The quantitative estimate of drug-likeness (QED) is 0.832. The average molecular weight is 286 g/mol. The summed E-state index contributed by atoms with van der Waals surface area (Å²) in [6.45, 7) is 1.50. The molecule has 3 rings (SSSR count). The molecule has 1 aromatic carbocycles. The van der Waals surface area contributed by atoms with E-state index in [-0.39, 0.29) is 18.6 Å². The molecule has 0 saturated carbocycles. The summed E-state index contributed by atoms with van der Waals surface area (Å²) in [6.07, 6.45) is 5.31. The van der Waals surface area contributed by atoms with Gasteiger partial charge in [0.1, 0.15) is 5.75 Å². The number of para-hydroxylation sites is 1. The largest absolute Gasteiger partial charge is 0.484 e. The average Bonchev–Trinajstić information content (AvgIpc) is 3.18. The molecule has 2 aromatic rings. The molecule has 1 atom stereocenters. The molecule has 1 saturated heterocycles. The van der Waals surface area contributed by atoms with Crippen LogP contribution >= 0.6 is 0 Å². The van der Waals surface area contributed by atoms with Crippen molar-refractivity contribution in [2.24, 2.45) is 0 Å². The van der Waals surface area contributed by atoms with Crippen LogP contribution in [0.25, 0.3) is 0 Å². The first-order chi connectivity index (χ1) is 10.3. The summed E-state index contributed by atoms with van der Waals surface area (Å²) >= 11 is 0. The second-order valence-electron chi connectivity index (χ2n) is 5.07. The Hall–Kier alpha value is -2.37. The molecule has 1 aliphatic rings. The van der Waals surface area contributed by atoms with Crippen molar-refractivity contribution in [3.05, 3.63) is 42.7 Å². The van der Waals surface area contributed by atoms with Crippen molar-refractivity contribution >= 4 is 5.91 Å². The third kappa shape index (κ3) is 3.39. The number of ether oxygens (including phenoxy) is 1. The highest BCUT2D eigenvalue weighted by molar-refractivity contribution is 5.78. The van der Waals surface area contributed by atoms with Crippen LogP contribution in [0.5, 0.6) is 5.75 Å². The minimum Gasteiger partial charge on any atom is -0.484 e. The number of likely N-dealkylation sites (tertiary alicyclic amines) is 1. The van der Waals surface area contributed by atoms with Gasteiger partial charge in [-0.1, -0.05) is 18.2 Å². The zero-order chi connectivity index (χ0) is 14.5. The van der Waals surface area contributed by atoms with Crippen LogP contribution in [0.2, 0.25) is 0 Å². The third-order valence-corrected chi connectivity index (χ3v) is 3.64. The minimum absolute atomic E-state index is 0.0218. The van der Waals surface area contributed by atoms with Gasteiger partial charge in [-0.15, -0.1) is 0 Å². The van der Waals surface area contributed by atoms with E-state index in [0.717, 1.165) is 25.1 Å². The Labute approximate surface area is 123 Å². The molecule has 110 valence electrons. The topological polar surface area (TPSA) is 60.2 Å². The highest BCUT2D eigenvalue weighted by atomic mass is 16.5. The second-order valence-corrected chi connectivity index (χ2v) is 5.07. The summed E-state index contributed by atoms with van der Waals surface area (Å²) in [6, 6.07) is 9.56. The van der Waals surface area contributed by atoms with Gasteiger partial charge in [0.15, 0.2) is 6.61 Å². The first-order valence-corrected chi connectivity index (χ1v) is 7.14. The molecule has 0 bridgehead atoms. The predicted octanol–water partition coefficient (Wildman–Crippen LogP) is 1.35. The lowest BCUT2D eigenvalue weighted by Gasteiger charge is -2.24. The zero-order valence-electron chi connectivity index (χ0n) is 11.8. The lowest BCUT2D eigenvalue weighted by atomic mass is 10.2. The van der Waals surface area contributed by atoms with E-state index < -0.39 is 0 Å². The van der Waals surface area contributed by atoms with E-state index in [1.165, 1.54) is 0 Å². The van der Waals surface area contributed by atoms with Crippen LogP contribution in [-0.2, 0) is 11.3 Å². The number of rotatable bonds is 5. The Morgan fingerprint density at radius 3 is 2.76 bits per heavy atom. The Bertz CT molecular complexity index is 571. The van der Waals surface area contributed by atoms with Gasteiger partial charge in [0.2, 0.25) is 0 Å². The van der Waals surface area contributed by atoms with Crippen molar-refractivity contribution in [1.29, 1.82) is 0 Å². The normalized spacial score (nSPS) is 17.9. The van der Waals surface area contributed by atoms with Crippen molar-refractivity contribution in [2.45, 2.75) is 25.4 Å². The number of hydrogen-bond acceptors (Lipinski definition) is 4. The zero-order valence-corrected chi connectivity index (χ0v) is 11.8. The predicted molar refractivity (Wildman–Crippen MR) is 76.7 cm³/mol. The fourth-order valence-corrected chi connectivity index (χ4v) is 2.62. The Kier molecular flexibility index (Phi) is 4.14. The summed E-state index contributed by atoms with van der Waals surface area (Å²) in [7, 11) is 0. The van der Waals surface area contributed by atoms with Crippen LogP contribution < -0.4 is 4.74 Å². The molecule has 1 aromatic heterocycles. The molecule has 6 nitrogen and oxygen atoms in total. The summed E-state index contributed by atoms with van der Waals surface area (Å²) in [5.41, 5.74) is 0. The van der Waals surface area contributed by atoms with Crippen molar-refractivity contribution in [3.63, 3.8) is 0 Å². The van der Waals surface area contributed by atoms with Gasteiger partial charge in [0.05, 0.1) is 25.0 Å². The van der Waals surface area contributed by atoms with E-state index in [1.807, 2.05) is 35.2 Å². The molecular weight excluding hydrogens is 268 g/mol. The molecule has 6 heteroatoms. The monoisotopic (exact) mass is 286 g/mol. The van der Waals surface area contributed by atoms with Crippen LogP contribution in [0.1, 0.15) is 12.8 Å². The Balaban J connectivity index is 1.55. The third-order valence-electron chi connectivity index (χ3n) is 3.64. The van der Waals surface area contributed by atoms with Gasteiger partial charge in [-0.3, -0.25) is 4.79 Å². The van der Waals surface area contributed by atoms with E-state index in [9.17, 15) is 4.79 Å². The fourth-order valence-electron chi connectivity index (χ4n) is 2.62. The SMILES string of the molecule is O=C(COc1ccccc1)N1CCCC1Cn1nccn1. The number of carbonyl (C=O) groups is 1. The lowest BCUT2D eigenvalue weighted by molar-refractivity contribution is -0.134. The maximum absolute atomic E-state index is 12.3. The summed E-state index contributed by atoms with van der Waals surface area (Å²) in [5, 5.41) is 8.21. The number of nitrogens with zero attached hydrogens (tertiary/aromatic N) is 4. The second kappa shape index (κ2) is 6.39. The number of amides is 1. The molecule has 2 heterocycles. The number of aromatic nitrogens is 3. The standard InChI is InChI=1S/C15H18N4O2/c20-15(12-21-14-6-2-1-3-7-14)18-10-4-5-13(18)11-19-16-8-9-17-19/h1-3,6-9,13H,4-5,10-12H2. The highest BCUT2D eigenvalue weighted by Crippen LogP contribution is 2.19. The maximum atomic E-state index is 12.3. The molecule has 21 heavy (non-hydrogen) atoms. The van der Waals surface area contributed by atoms with Crippen molar-refractivity contribution in [3.8, 4) is 5.75 Å². The molecule has 0 radical (unpaired) electrons. The minimum atomic E-state index is 0.0218. The van der Waals surface area contributed by atoms with E-state index in [4.69, 9.17) is 4.74 Å². The summed E-state index contributed by atoms with van der Waals surface area (Å²) in [5.74, 6) is 0.740. The van der Waals surface area contributed by atoms with Gasteiger partial charge < -0.3 is 9.64 Å². The van der Waals surface area contributed by atoms with Gasteiger partial charge in [-0.2, -0.15) is 15.0 Å². The fraction of sp³-hybridized carbons (Fsp3) is 0.400. The van der Waals surface area contributed by atoms with Gasteiger partial charge in [-0.05, 0) is 25.0 Å².